The molecule has 0 fully saturated rings. The molecule has 0 radical (unpaired) electrons. The number of hydrogen-bond acceptors (Lipinski definition) is 2. The summed E-state index contributed by atoms with van der Waals surface area (Å²) in [4.78, 5) is 0. The van der Waals surface area contributed by atoms with E-state index >= 15 is 0 Å². The van der Waals surface area contributed by atoms with Crippen LogP contribution in [0, 0.1) is 5.21 Å². The third-order valence-electron chi connectivity index (χ3n) is 3.70. The predicted molar refractivity (Wildman–Crippen MR) is 86.9 cm³/mol. The Balaban J connectivity index is 2.07. The largest absolute Gasteiger partial charge is 0.618 e. The molecule has 0 aliphatic heterocycles. The number of fused-ring (bicyclic) bond motifs is 2. The van der Waals surface area contributed by atoms with Crippen molar-refractivity contribution in [1.29, 1.82) is 0 Å². The zero-order valence-corrected chi connectivity index (χ0v) is 11.8. The van der Waals surface area contributed by atoms with Crippen LogP contribution in [-0.4, -0.2) is 0 Å². The van der Waals surface area contributed by atoms with Gasteiger partial charge in [-0.15, -0.1) is 0 Å². The Morgan fingerprint density at radius 3 is 1.73 bits per heavy atom. The van der Waals surface area contributed by atoms with Crippen LogP contribution in [0.25, 0.3) is 21.8 Å². The molecule has 0 N–H and O–H groups in total. The molecular weight excluding hydrogens is 274 g/mol. The topological polar surface area (TPSA) is 36.2 Å². The van der Waals surface area contributed by atoms with Crippen LogP contribution in [0.15, 0.2) is 78.9 Å². The number of ether oxygens (including phenoxy) is 1. The van der Waals surface area contributed by atoms with Crippen LogP contribution < -0.4 is 9.47 Å². The first-order valence-corrected chi connectivity index (χ1v) is 7.10. The van der Waals surface area contributed by atoms with Crippen molar-refractivity contribution in [3.05, 3.63) is 84.1 Å². The lowest BCUT2D eigenvalue weighted by atomic mass is 10.1. The fourth-order valence-electron chi connectivity index (χ4n) is 2.68. The average Bonchev–Trinajstić information content (AvgIpc) is 2.59. The van der Waals surface area contributed by atoms with E-state index in [9.17, 15) is 5.21 Å². The maximum absolute atomic E-state index is 12.6. The van der Waals surface area contributed by atoms with Crippen molar-refractivity contribution in [3.8, 4) is 11.5 Å². The van der Waals surface area contributed by atoms with E-state index in [4.69, 9.17) is 4.74 Å². The summed E-state index contributed by atoms with van der Waals surface area (Å²) in [5.74, 6) is 1.46. The highest BCUT2D eigenvalue weighted by Crippen LogP contribution is 2.34. The van der Waals surface area contributed by atoms with E-state index < -0.39 is 0 Å². The minimum absolute atomic E-state index is 0.604. The molecule has 0 amide bonds. The fraction of sp³-hybridized carbons (Fsp3) is 0. The van der Waals surface area contributed by atoms with Gasteiger partial charge in [-0.05, 0) is 24.3 Å². The van der Waals surface area contributed by atoms with Crippen LogP contribution in [-0.2, 0) is 0 Å². The molecule has 1 heterocycles. The van der Waals surface area contributed by atoms with Gasteiger partial charge in [0.25, 0.3) is 0 Å². The summed E-state index contributed by atoms with van der Waals surface area (Å²) in [5, 5.41) is 14.2. The molecule has 0 atom stereocenters. The third kappa shape index (κ3) is 1.95. The second kappa shape index (κ2) is 5.04. The molecule has 0 saturated carbocycles. The summed E-state index contributed by atoms with van der Waals surface area (Å²) in [6.45, 7) is 0. The second-order valence-electron chi connectivity index (χ2n) is 5.07. The van der Waals surface area contributed by atoms with Crippen LogP contribution in [0.3, 0.4) is 0 Å². The minimum atomic E-state index is 0.604. The van der Waals surface area contributed by atoms with E-state index in [1.54, 1.807) is 0 Å². The Labute approximate surface area is 127 Å². The molecule has 0 bridgehead atoms. The van der Waals surface area contributed by atoms with Crippen molar-refractivity contribution in [2.45, 2.75) is 0 Å². The standard InChI is InChI=1S/C19H13NO2/c21-20-17-12-6-4-10-15(17)19(16-11-5-7-13-18(16)20)22-14-8-2-1-3-9-14/h1-13H. The monoisotopic (exact) mass is 287 g/mol. The van der Waals surface area contributed by atoms with Crippen molar-refractivity contribution < 1.29 is 9.47 Å². The molecule has 0 aliphatic carbocycles. The molecule has 0 unspecified atom stereocenters. The first-order valence-electron chi connectivity index (χ1n) is 7.10. The van der Waals surface area contributed by atoms with E-state index in [0.29, 0.717) is 16.8 Å². The van der Waals surface area contributed by atoms with E-state index in [1.807, 2.05) is 78.9 Å². The highest BCUT2D eigenvalue weighted by molar-refractivity contribution is 5.98. The van der Waals surface area contributed by atoms with Gasteiger partial charge in [0.05, 0.1) is 10.8 Å². The minimum Gasteiger partial charge on any atom is -0.618 e. The Morgan fingerprint density at radius 1 is 0.636 bits per heavy atom. The van der Waals surface area contributed by atoms with Gasteiger partial charge in [-0.25, -0.2) is 0 Å². The molecule has 1 aromatic heterocycles. The van der Waals surface area contributed by atoms with Gasteiger partial charge in [-0.1, -0.05) is 42.5 Å². The first kappa shape index (κ1) is 12.7. The summed E-state index contributed by atoms with van der Waals surface area (Å²) >= 11 is 0. The van der Waals surface area contributed by atoms with Gasteiger partial charge in [0.1, 0.15) is 5.75 Å². The molecule has 3 heteroatoms. The Bertz CT molecular complexity index is 908. The number of benzene rings is 3. The summed E-state index contributed by atoms with van der Waals surface area (Å²) in [6, 6.07) is 24.6. The van der Waals surface area contributed by atoms with Crippen LogP contribution in [0.5, 0.6) is 11.5 Å². The SMILES string of the molecule is [O-][n+]1c2ccccc2c(Oc2ccccc2)c2ccccc21. The van der Waals surface area contributed by atoms with E-state index in [-0.39, 0.29) is 0 Å². The number of para-hydroxylation sites is 3. The summed E-state index contributed by atoms with van der Waals surface area (Å²) < 4.78 is 7.07. The number of nitrogens with zero attached hydrogens (tertiary/aromatic N) is 1. The number of aromatic nitrogens is 1. The Morgan fingerprint density at radius 2 is 1.14 bits per heavy atom. The molecule has 0 aliphatic rings. The van der Waals surface area contributed by atoms with Crippen molar-refractivity contribution in [1.82, 2.24) is 0 Å². The number of pyridine rings is 1. The van der Waals surface area contributed by atoms with E-state index in [0.717, 1.165) is 21.3 Å². The Kier molecular flexibility index (Phi) is 2.90. The zero-order valence-electron chi connectivity index (χ0n) is 11.8. The second-order valence-corrected chi connectivity index (χ2v) is 5.07. The van der Waals surface area contributed by atoms with Crippen LogP contribution in [0.4, 0.5) is 0 Å². The average molecular weight is 287 g/mol. The predicted octanol–water partition coefficient (Wildman–Crippen LogP) is 4.42. The molecule has 106 valence electrons. The highest BCUT2D eigenvalue weighted by atomic mass is 16.5. The molecule has 0 spiro atoms. The van der Waals surface area contributed by atoms with Crippen LogP contribution in [0.2, 0.25) is 0 Å². The molecule has 4 rings (SSSR count). The van der Waals surface area contributed by atoms with Gasteiger partial charge in [0.15, 0.2) is 5.75 Å². The highest BCUT2D eigenvalue weighted by Gasteiger charge is 2.17. The first-order chi connectivity index (χ1) is 10.8. The van der Waals surface area contributed by atoms with Crippen molar-refractivity contribution in [2.24, 2.45) is 0 Å². The van der Waals surface area contributed by atoms with Crippen LogP contribution in [0.1, 0.15) is 0 Å². The van der Waals surface area contributed by atoms with Crippen molar-refractivity contribution in [3.63, 3.8) is 0 Å². The van der Waals surface area contributed by atoms with Crippen LogP contribution >= 0.6 is 0 Å². The van der Waals surface area contributed by atoms with Gasteiger partial charge < -0.3 is 9.94 Å². The van der Waals surface area contributed by atoms with Gasteiger partial charge in [-0.3, -0.25) is 0 Å². The van der Waals surface area contributed by atoms with Crippen molar-refractivity contribution in [2.75, 3.05) is 0 Å². The third-order valence-corrected chi connectivity index (χ3v) is 3.70. The summed E-state index contributed by atoms with van der Waals surface area (Å²) in [7, 11) is 0. The normalized spacial score (nSPS) is 10.9. The molecule has 3 aromatic carbocycles. The van der Waals surface area contributed by atoms with Gasteiger partial charge >= 0.3 is 0 Å². The lowest BCUT2D eigenvalue weighted by molar-refractivity contribution is -0.547. The maximum atomic E-state index is 12.6. The Hall–Kier alpha value is -3.07. The molecule has 3 nitrogen and oxygen atoms in total. The van der Waals surface area contributed by atoms with Gasteiger partial charge in [0.2, 0.25) is 11.0 Å². The molecule has 22 heavy (non-hydrogen) atoms. The lowest BCUT2D eigenvalue weighted by Crippen LogP contribution is -2.28. The number of hydrogen-bond donors (Lipinski definition) is 0. The maximum Gasteiger partial charge on any atom is 0.228 e. The van der Waals surface area contributed by atoms with Gasteiger partial charge in [-0.2, -0.15) is 4.73 Å². The quantitative estimate of drug-likeness (QED) is 0.311. The van der Waals surface area contributed by atoms with E-state index in [1.165, 1.54) is 0 Å². The summed E-state index contributed by atoms with van der Waals surface area (Å²) in [6.07, 6.45) is 0. The molecule has 4 aromatic rings. The van der Waals surface area contributed by atoms with E-state index in [2.05, 4.69) is 0 Å². The molecule has 0 saturated heterocycles. The van der Waals surface area contributed by atoms with Gasteiger partial charge in [0, 0.05) is 12.1 Å². The lowest BCUT2D eigenvalue weighted by Gasteiger charge is -2.13. The number of rotatable bonds is 2. The summed E-state index contributed by atoms with van der Waals surface area (Å²) in [5.41, 5.74) is 1.21. The smallest absolute Gasteiger partial charge is 0.228 e. The van der Waals surface area contributed by atoms with Crippen molar-refractivity contribution >= 4 is 21.8 Å². The molecular formula is C19H13NO2. The zero-order chi connectivity index (χ0) is 14.9. The fourth-order valence-corrected chi connectivity index (χ4v) is 2.68.